The highest BCUT2D eigenvalue weighted by Crippen LogP contribution is 2.24. The molecule has 0 fully saturated rings. The van der Waals surface area contributed by atoms with Crippen LogP contribution in [0, 0.1) is 12.7 Å². The number of rotatable bonds is 1. The molecular weight excluding hydrogens is 243 g/mol. The highest BCUT2D eigenvalue weighted by atomic mass is 19.1. The van der Waals surface area contributed by atoms with E-state index in [0.717, 1.165) is 5.56 Å². The summed E-state index contributed by atoms with van der Waals surface area (Å²) in [5, 5.41) is 0. The summed E-state index contributed by atoms with van der Waals surface area (Å²) in [6.07, 6.45) is 0. The molecule has 2 aromatic rings. The predicted octanol–water partition coefficient (Wildman–Crippen LogP) is 3.18. The average molecular weight is 260 g/mol. The average Bonchev–Trinajstić information content (AvgIpc) is 2.30. The van der Waals surface area contributed by atoms with Crippen molar-refractivity contribution in [2.24, 2.45) is 0 Å². The summed E-state index contributed by atoms with van der Waals surface area (Å²) in [4.78, 5) is 18.8. The molecule has 1 heterocycles. The van der Waals surface area contributed by atoms with Gasteiger partial charge in [0.05, 0.1) is 5.69 Å². The summed E-state index contributed by atoms with van der Waals surface area (Å²) in [6, 6.07) is 6.11. The molecule has 4 heteroatoms. The van der Waals surface area contributed by atoms with Gasteiger partial charge < -0.3 is 4.98 Å². The summed E-state index contributed by atoms with van der Waals surface area (Å²) in [5.74, 6) is 0.180. The molecule has 0 saturated heterocycles. The Bertz CT molecular complexity index is 669. The molecule has 0 spiro atoms. The van der Waals surface area contributed by atoms with Gasteiger partial charge in [-0.15, -0.1) is 0 Å². The number of nitrogens with zero attached hydrogens (tertiary/aromatic N) is 1. The maximum Gasteiger partial charge on any atom is 0.251 e. The van der Waals surface area contributed by atoms with Crippen LogP contribution >= 0.6 is 0 Å². The van der Waals surface area contributed by atoms with Gasteiger partial charge in [-0.1, -0.05) is 32.4 Å². The zero-order chi connectivity index (χ0) is 14.2. The minimum atomic E-state index is -0.372. The van der Waals surface area contributed by atoms with Crippen LogP contribution in [0.4, 0.5) is 4.39 Å². The third-order valence-electron chi connectivity index (χ3n) is 2.85. The van der Waals surface area contributed by atoms with E-state index in [0.29, 0.717) is 17.1 Å². The van der Waals surface area contributed by atoms with Gasteiger partial charge in [0.2, 0.25) is 0 Å². The topological polar surface area (TPSA) is 45.8 Å². The minimum Gasteiger partial charge on any atom is -0.310 e. The SMILES string of the molecule is Cc1ccc(F)c(-c2cc(=O)[nH]c(C(C)(C)C)n2)c1. The van der Waals surface area contributed by atoms with Crippen LogP contribution in [0.15, 0.2) is 29.1 Å². The van der Waals surface area contributed by atoms with Gasteiger partial charge in [-0.05, 0) is 19.1 Å². The van der Waals surface area contributed by atoms with Crippen molar-refractivity contribution >= 4 is 0 Å². The van der Waals surface area contributed by atoms with Crippen molar-refractivity contribution in [1.29, 1.82) is 0 Å². The normalized spacial score (nSPS) is 11.6. The summed E-state index contributed by atoms with van der Waals surface area (Å²) < 4.78 is 13.9. The molecule has 0 bridgehead atoms. The van der Waals surface area contributed by atoms with Gasteiger partial charge in [0.1, 0.15) is 11.6 Å². The molecule has 0 amide bonds. The Morgan fingerprint density at radius 1 is 1.21 bits per heavy atom. The monoisotopic (exact) mass is 260 g/mol. The number of halogens is 1. The molecule has 0 aliphatic rings. The van der Waals surface area contributed by atoms with Crippen LogP contribution in [0.3, 0.4) is 0 Å². The first-order valence-electron chi connectivity index (χ1n) is 6.16. The van der Waals surface area contributed by atoms with Crippen LogP contribution in [0.5, 0.6) is 0 Å². The number of H-pyrrole nitrogens is 1. The van der Waals surface area contributed by atoms with E-state index in [-0.39, 0.29) is 16.8 Å². The molecule has 2 rings (SSSR count). The van der Waals surface area contributed by atoms with Crippen LogP contribution in [-0.2, 0) is 5.41 Å². The van der Waals surface area contributed by atoms with E-state index in [1.165, 1.54) is 12.1 Å². The molecule has 1 aromatic heterocycles. The van der Waals surface area contributed by atoms with Crippen LogP contribution in [0.25, 0.3) is 11.3 Å². The summed E-state index contributed by atoms with van der Waals surface area (Å²) in [7, 11) is 0. The Hall–Kier alpha value is -1.97. The van der Waals surface area contributed by atoms with Crippen molar-refractivity contribution in [2.75, 3.05) is 0 Å². The standard InChI is InChI=1S/C15H17FN2O/c1-9-5-6-11(16)10(7-9)12-8-13(19)18-14(17-12)15(2,3)4/h5-8H,1-4H3,(H,17,18,19). The quantitative estimate of drug-likeness (QED) is 0.856. The fourth-order valence-electron chi connectivity index (χ4n) is 1.79. The Labute approximate surface area is 111 Å². The second kappa shape index (κ2) is 4.61. The van der Waals surface area contributed by atoms with E-state index < -0.39 is 0 Å². The van der Waals surface area contributed by atoms with Crippen molar-refractivity contribution in [3.63, 3.8) is 0 Å². The van der Waals surface area contributed by atoms with Crippen LogP contribution in [0.2, 0.25) is 0 Å². The largest absolute Gasteiger partial charge is 0.310 e. The third kappa shape index (κ3) is 2.89. The molecule has 1 aromatic carbocycles. The van der Waals surface area contributed by atoms with E-state index in [1.807, 2.05) is 27.7 Å². The van der Waals surface area contributed by atoms with Gasteiger partial charge in [-0.2, -0.15) is 0 Å². The third-order valence-corrected chi connectivity index (χ3v) is 2.85. The van der Waals surface area contributed by atoms with Crippen molar-refractivity contribution in [1.82, 2.24) is 9.97 Å². The van der Waals surface area contributed by atoms with E-state index >= 15 is 0 Å². The summed E-state index contributed by atoms with van der Waals surface area (Å²) in [6.45, 7) is 7.71. The molecule has 0 radical (unpaired) electrons. The number of aryl methyl sites for hydroxylation is 1. The lowest BCUT2D eigenvalue weighted by atomic mass is 9.95. The number of hydrogen-bond donors (Lipinski definition) is 1. The van der Waals surface area contributed by atoms with Gasteiger partial charge >= 0.3 is 0 Å². The number of benzene rings is 1. The molecule has 0 unspecified atom stereocenters. The fraction of sp³-hybridized carbons (Fsp3) is 0.333. The van der Waals surface area contributed by atoms with E-state index in [9.17, 15) is 9.18 Å². The molecule has 3 nitrogen and oxygen atoms in total. The molecule has 0 aliphatic heterocycles. The van der Waals surface area contributed by atoms with Gasteiger partial charge in [-0.25, -0.2) is 9.37 Å². The molecule has 0 aliphatic carbocycles. The molecule has 0 atom stereocenters. The number of aromatic amines is 1. The van der Waals surface area contributed by atoms with Crippen molar-refractivity contribution in [2.45, 2.75) is 33.1 Å². The van der Waals surface area contributed by atoms with Crippen LogP contribution < -0.4 is 5.56 Å². The van der Waals surface area contributed by atoms with Crippen molar-refractivity contribution in [3.05, 3.63) is 51.8 Å². The zero-order valence-electron chi connectivity index (χ0n) is 11.5. The van der Waals surface area contributed by atoms with Gasteiger partial charge in [-0.3, -0.25) is 4.79 Å². The lowest BCUT2D eigenvalue weighted by Gasteiger charge is -2.17. The van der Waals surface area contributed by atoms with Crippen molar-refractivity contribution < 1.29 is 4.39 Å². The van der Waals surface area contributed by atoms with Gasteiger partial charge in [0.15, 0.2) is 0 Å². The number of aromatic nitrogens is 2. The Morgan fingerprint density at radius 2 is 1.89 bits per heavy atom. The van der Waals surface area contributed by atoms with Crippen LogP contribution in [0.1, 0.15) is 32.2 Å². The van der Waals surface area contributed by atoms with E-state index in [1.54, 1.807) is 12.1 Å². The number of nitrogens with one attached hydrogen (secondary N) is 1. The maximum atomic E-state index is 13.9. The summed E-state index contributed by atoms with van der Waals surface area (Å²) in [5.41, 5.74) is 1.09. The predicted molar refractivity (Wildman–Crippen MR) is 73.7 cm³/mol. The minimum absolute atomic E-state index is 0.268. The first kappa shape index (κ1) is 13.5. The Morgan fingerprint density at radius 3 is 2.53 bits per heavy atom. The maximum absolute atomic E-state index is 13.9. The van der Waals surface area contributed by atoms with Gasteiger partial charge in [0, 0.05) is 17.0 Å². The Balaban J connectivity index is 2.66. The fourth-order valence-corrected chi connectivity index (χ4v) is 1.79. The van der Waals surface area contributed by atoms with Crippen LogP contribution in [-0.4, -0.2) is 9.97 Å². The van der Waals surface area contributed by atoms with Crippen molar-refractivity contribution in [3.8, 4) is 11.3 Å². The molecule has 100 valence electrons. The molecule has 1 N–H and O–H groups in total. The zero-order valence-corrected chi connectivity index (χ0v) is 11.5. The van der Waals surface area contributed by atoms with E-state index in [4.69, 9.17) is 0 Å². The number of hydrogen-bond acceptors (Lipinski definition) is 2. The second-order valence-electron chi connectivity index (χ2n) is 5.71. The highest BCUT2D eigenvalue weighted by molar-refractivity contribution is 5.60. The highest BCUT2D eigenvalue weighted by Gasteiger charge is 2.18. The lowest BCUT2D eigenvalue weighted by molar-refractivity contribution is 0.543. The Kier molecular flexibility index (Phi) is 3.27. The van der Waals surface area contributed by atoms with E-state index in [2.05, 4.69) is 9.97 Å². The molecular formula is C15H17FN2O. The lowest BCUT2D eigenvalue weighted by Crippen LogP contribution is -2.22. The first-order chi connectivity index (χ1) is 8.77. The summed E-state index contributed by atoms with van der Waals surface area (Å²) >= 11 is 0. The van der Waals surface area contributed by atoms with Gasteiger partial charge in [0.25, 0.3) is 5.56 Å². The smallest absolute Gasteiger partial charge is 0.251 e. The first-order valence-corrected chi connectivity index (χ1v) is 6.16. The second-order valence-corrected chi connectivity index (χ2v) is 5.71. The molecule has 0 saturated carbocycles. The molecule has 19 heavy (non-hydrogen) atoms.